The van der Waals surface area contributed by atoms with Gasteiger partial charge >= 0.3 is 0 Å². The fourth-order valence-corrected chi connectivity index (χ4v) is 2.53. The van der Waals surface area contributed by atoms with Crippen LogP contribution in [-0.2, 0) is 14.6 Å². The molecule has 1 heterocycles. The highest BCUT2D eigenvalue weighted by molar-refractivity contribution is 7.94. The molecule has 13 heavy (non-hydrogen) atoms. The molecule has 0 spiro atoms. The average molecular weight is 204 g/mol. The molecule has 0 aromatic heterocycles. The van der Waals surface area contributed by atoms with Crippen LogP contribution in [-0.4, -0.2) is 26.4 Å². The zero-order chi connectivity index (χ0) is 9.90. The molecular weight excluding hydrogens is 188 g/mol. The van der Waals surface area contributed by atoms with Gasteiger partial charge in [0, 0.05) is 5.41 Å². The highest BCUT2D eigenvalue weighted by atomic mass is 32.2. The van der Waals surface area contributed by atoms with Crippen molar-refractivity contribution in [1.82, 2.24) is 0 Å². The second-order valence-electron chi connectivity index (χ2n) is 3.27. The van der Waals surface area contributed by atoms with Crippen molar-refractivity contribution in [1.29, 1.82) is 0 Å². The molecule has 0 radical (unpaired) electrons. The van der Waals surface area contributed by atoms with Gasteiger partial charge in [-0.25, -0.2) is 8.42 Å². The van der Waals surface area contributed by atoms with Gasteiger partial charge in [0.2, 0.25) is 0 Å². The van der Waals surface area contributed by atoms with E-state index in [1.807, 2.05) is 13.8 Å². The third-order valence-corrected chi connectivity index (χ3v) is 3.54. The molecule has 0 saturated carbocycles. The predicted molar refractivity (Wildman–Crippen MR) is 52.2 cm³/mol. The molecule has 4 heteroatoms. The second-order valence-corrected chi connectivity index (χ2v) is 5.20. The SMILES string of the molecule is CCC(CC)OC1C=CS(=O)(=O)C1. The van der Waals surface area contributed by atoms with E-state index in [-0.39, 0.29) is 18.0 Å². The maximum absolute atomic E-state index is 11.0. The second kappa shape index (κ2) is 4.24. The maximum atomic E-state index is 11.0. The fourth-order valence-electron chi connectivity index (χ4n) is 1.36. The summed E-state index contributed by atoms with van der Waals surface area (Å²) in [6.45, 7) is 4.09. The van der Waals surface area contributed by atoms with Gasteiger partial charge < -0.3 is 4.74 Å². The number of hydrogen-bond acceptors (Lipinski definition) is 3. The van der Waals surface area contributed by atoms with Gasteiger partial charge in [0.05, 0.1) is 18.0 Å². The van der Waals surface area contributed by atoms with Crippen LogP contribution in [0.5, 0.6) is 0 Å². The molecule has 0 aromatic carbocycles. The molecule has 1 atom stereocenters. The summed E-state index contributed by atoms with van der Waals surface area (Å²) in [6.07, 6.45) is 3.45. The number of sulfone groups is 1. The predicted octanol–water partition coefficient (Wildman–Crippen LogP) is 1.50. The summed E-state index contributed by atoms with van der Waals surface area (Å²) in [6, 6.07) is 0. The maximum Gasteiger partial charge on any atom is 0.174 e. The van der Waals surface area contributed by atoms with Crippen molar-refractivity contribution in [3.05, 3.63) is 11.5 Å². The lowest BCUT2D eigenvalue weighted by atomic mass is 10.2. The molecule has 0 aliphatic carbocycles. The summed E-state index contributed by atoms with van der Waals surface area (Å²) >= 11 is 0. The summed E-state index contributed by atoms with van der Waals surface area (Å²) < 4.78 is 27.6. The lowest BCUT2D eigenvalue weighted by molar-refractivity contribution is 0.0213. The minimum Gasteiger partial charge on any atom is -0.370 e. The summed E-state index contributed by atoms with van der Waals surface area (Å²) in [5.41, 5.74) is 0. The Bertz CT molecular complexity index is 275. The molecule has 0 bridgehead atoms. The monoisotopic (exact) mass is 204 g/mol. The van der Waals surface area contributed by atoms with E-state index >= 15 is 0 Å². The first kappa shape index (κ1) is 10.7. The fraction of sp³-hybridized carbons (Fsp3) is 0.778. The molecule has 1 unspecified atom stereocenters. The molecule has 1 rings (SSSR count). The van der Waals surface area contributed by atoms with E-state index in [4.69, 9.17) is 4.74 Å². The van der Waals surface area contributed by atoms with Gasteiger partial charge in [-0.2, -0.15) is 0 Å². The molecule has 0 saturated heterocycles. The van der Waals surface area contributed by atoms with Crippen LogP contribution in [0.2, 0.25) is 0 Å². The lowest BCUT2D eigenvalue weighted by Crippen LogP contribution is -2.22. The van der Waals surface area contributed by atoms with Crippen LogP contribution in [0.25, 0.3) is 0 Å². The Hall–Kier alpha value is -0.350. The molecule has 1 aliphatic rings. The lowest BCUT2D eigenvalue weighted by Gasteiger charge is -2.17. The van der Waals surface area contributed by atoms with Gasteiger partial charge in [-0.05, 0) is 18.9 Å². The third-order valence-electron chi connectivity index (χ3n) is 2.18. The van der Waals surface area contributed by atoms with Gasteiger partial charge in [0.1, 0.15) is 0 Å². The summed E-state index contributed by atoms with van der Waals surface area (Å²) in [5, 5.41) is 1.25. The van der Waals surface area contributed by atoms with Gasteiger partial charge in [0.15, 0.2) is 9.84 Å². The average Bonchev–Trinajstić information content (AvgIpc) is 2.41. The Morgan fingerprint density at radius 3 is 2.46 bits per heavy atom. The molecular formula is C9H16O3S. The number of ether oxygens (including phenoxy) is 1. The highest BCUT2D eigenvalue weighted by Crippen LogP contribution is 2.15. The van der Waals surface area contributed by atoms with Crippen LogP contribution in [0.15, 0.2) is 11.5 Å². The largest absolute Gasteiger partial charge is 0.370 e. The Kier molecular flexibility index (Phi) is 3.50. The van der Waals surface area contributed by atoms with Crippen LogP contribution in [0, 0.1) is 0 Å². The molecule has 0 amide bonds. The van der Waals surface area contributed by atoms with Crippen LogP contribution in [0.1, 0.15) is 26.7 Å². The van der Waals surface area contributed by atoms with Crippen molar-refractivity contribution in [2.24, 2.45) is 0 Å². The summed E-state index contributed by atoms with van der Waals surface area (Å²) in [4.78, 5) is 0. The van der Waals surface area contributed by atoms with Crippen LogP contribution >= 0.6 is 0 Å². The zero-order valence-electron chi connectivity index (χ0n) is 8.06. The Balaban J connectivity index is 2.45. The highest BCUT2D eigenvalue weighted by Gasteiger charge is 2.23. The minimum atomic E-state index is -2.96. The van der Waals surface area contributed by atoms with Crippen molar-refractivity contribution in [3.63, 3.8) is 0 Å². The Morgan fingerprint density at radius 1 is 1.46 bits per heavy atom. The van der Waals surface area contributed by atoms with E-state index in [1.165, 1.54) is 5.41 Å². The third kappa shape index (κ3) is 3.12. The zero-order valence-corrected chi connectivity index (χ0v) is 8.88. The van der Waals surface area contributed by atoms with E-state index < -0.39 is 9.84 Å². The number of rotatable bonds is 4. The van der Waals surface area contributed by atoms with Gasteiger partial charge in [0.25, 0.3) is 0 Å². The smallest absolute Gasteiger partial charge is 0.174 e. The molecule has 0 fully saturated rings. The summed E-state index contributed by atoms with van der Waals surface area (Å²) in [7, 11) is -2.96. The molecule has 1 aliphatic heterocycles. The first-order valence-corrected chi connectivity index (χ1v) is 6.35. The van der Waals surface area contributed by atoms with Crippen molar-refractivity contribution in [2.45, 2.75) is 38.9 Å². The van der Waals surface area contributed by atoms with E-state index in [0.717, 1.165) is 12.8 Å². The Morgan fingerprint density at radius 2 is 2.08 bits per heavy atom. The van der Waals surface area contributed by atoms with Gasteiger partial charge in [-0.15, -0.1) is 0 Å². The van der Waals surface area contributed by atoms with Gasteiger partial charge in [-0.3, -0.25) is 0 Å². The van der Waals surface area contributed by atoms with Crippen LogP contribution < -0.4 is 0 Å². The summed E-state index contributed by atoms with van der Waals surface area (Å²) in [5.74, 6) is 0.115. The normalized spacial score (nSPS) is 25.6. The van der Waals surface area contributed by atoms with E-state index in [9.17, 15) is 8.42 Å². The topological polar surface area (TPSA) is 43.4 Å². The van der Waals surface area contributed by atoms with Crippen molar-refractivity contribution < 1.29 is 13.2 Å². The molecule has 0 N–H and O–H groups in total. The Labute approximate surface area is 79.7 Å². The van der Waals surface area contributed by atoms with Crippen molar-refractivity contribution in [2.75, 3.05) is 5.75 Å². The van der Waals surface area contributed by atoms with Crippen LogP contribution in [0.4, 0.5) is 0 Å². The van der Waals surface area contributed by atoms with Crippen LogP contribution in [0.3, 0.4) is 0 Å². The van der Waals surface area contributed by atoms with E-state index in [1.54, 1.807) is 6.08 Å². The molecule has 76 valence electrons. The number of hydrogen-bond donors (Lipinski definition) is 0. The van der Waals surface area contributed by atoms with E-state index in [0.29, 0.717) is 0 Å². The minimum absolute atomic E-state index is 0.115. The van der Waals surface area contributed by atoms with E-state index in [2.05, 4.69) is 0 Å². The first-order chi connectivity index (χ1) is 6.07. The molecule has 3 nitrogen and oxygen atoms in total. The first-order valence-electron chi connectivity index (χ1n) is 4.63. The van der Waals surface area contributed by atoms with Crippen molar-refractivity contribution >= 4 is 9.84 Å². The standard InChI is InChI=1S/C9H16O3S/c1-3-8(4-2)12-9-5-6-13(10,11)7-9/h5-6,8-9H,3-4,7H2,1-2H3. The molecule has 0 aromatic rings. The van der Waals surface area contributed by atoms with Gasteiger partial charge in [-0.1, -0.05) is 13.8 Å². The quantitative estimate of drug-likeness (QED) is 0.697. The van der Waals surface area contributed by atoms with Crippen molar-refractivity contribution in [3.8, 4) is 0 Å².